The molecule has 0 fully saturated rings. The van der Waals surface area contributed by atoms with Crippen LogP contribution in [0.4, 0.5) is 0 Å². The molecule has 0 radical (unpaired) electrons. The van der Waals surface area contributed by atoms with Gasteiger partial charge in [0.2, 0.25) is 11.8 Å². The van der Waals surface area contributed by atoms with Crippen molar-refractivity contribution >= 4 is 11.8 Å². The summed E-state index contributed by atoms with van der Waals surface area (Å²) in [5, 5.41) is 5.91. The molecule has 0 aliphatic heterocycles. The molecule has 0 heterocycles. The highest BCUT2D eigenvalue weighted by molar-refractivity contribution is 5.82. The van der Waals surface area contributed by atoms with Crippen LogP contribution in [0.1, 0.15) is 34.1 Å². The zero-order valence-electron chi connectivity index (χ0n) is 11.8. The highest BCUT2D eigenvalue weighted by Gasteiger charge is 2.18. The number of hydrogen-bond donors (Lipinski definition) is 2. The first-order valence-electron chi connectivity index (χ1n) is 5.89. The standard InChI is InChI=1S/C12H25N3O2/c1-9(11(17)14-12(2,3)4)13-8-7-10(16)15(5)6/h9,13H,7-8H2,1-6H3,(H,14,17). The first-order chi connectivity index (χ1) is 7.63. The van der Waals surface area contributed by atoms with Crippen LogP contribution in [0.3, 0.4) is 0 Å². The third kappa shape index (κ3) is 7.74. The normalized spacial score (nSPS) is 13.1. The number of carbonyl (C=O) groups excluding carboxylic acids is 2. The van der Waals surface area contributed by atoms with Crippen LogP contribution < -0.4 is 10.6 Å². The molecule has 17 heavy (non-hydrogen) atoms. The SMILES string of the molecule is CC(NCCC(=O)N(C)C)C(=O)NC(C)(C)C. The third-order valence-corrected chi connectivity index (χ3v) is 2.18. The summed E-state index contributed by atoms with van der Waals surface area (Å²) in [5.41, 5.74) is -0.230. The molecule has 5 nitrogen and oxygen atoms in total. The molecular formula is C12H25N3O2. The number of hydrogen-bond acceptors (Lipinski definition) is 3. The van der Waals surface area contributed by atoms with Gasteiger partial charge in [-0.3, -0.25) is 9.59 Å². The van der Waals surface area contributed by atoms with Crippen molar-refractivity contribution in [1.82, 2.24) is 15.5 Å². The first kappa shape index (κ1) is 15.9. The maximum absolute atomic E-state index is 11.7. The molecule has 100 valence electrons. The lowest BCUT2D eigenvalue weighted by molar-refractivity contribution is -0.129. The lowest BCUT2D eigenvalue weighted by Gasteiger charge is -2.23. The minimum Gasteiger partial charge on any atom is -0.350 e. The van der Waals surface area contributed by atoms with E-state index in [1.54, 1.807) is 25.9 Å². The Hall–Kier alpha value is -1.10. The smallest absolute Gasteiger partial charge is 0.237 e. The summed E-state index contributed by atoms with van der Waals surface area (Å²) in [6, 6.07) is -0.288. The van der Waals surface area contributed by atoms with E-state index in [2.05, 4.69) is 10.6 Å². The first-order valence-corrected chi connectivity index (χ1v) is 5.89. The molecule has 2 N–H and O–H groups in total. The fourth-order valence-corrected chi connectivity index (χ4v) is 1.19. The van der Waals surface area contributed by atoms with Crippen LogP contribution in [0, 0.1) is 0 Å². The van der Waals surface area contributed by atoms with Crippen molar-refractivity contribution in [2.24, 2.45) is 0 Å². The maximum atomic E-state index is 11.7. The van der Waals surface area contributed by atoms with Gasteiger partial charge in [-0.25, -0.2) is 0 Å². The van der Waals surface area contributed by atoms with Crippen LogP contribution in [0.25, 0.3) is 0 Å². The van der Waals surface area contributed by atoms with Gasteiger partial charge in [-0.1, -0.05) is 0 Å². The van der Waals surface area contributed by atoms with Crippen molar-refractivity contribution in [2.45, 2.75) is 45.7 Å². The average Bonchev–Trinajstić information content (AvgIpc) is 2.14. The molecule has 0 saturated heterocycles. The van der Waals surface area contributed by atoms with Gasteiger partial charge >= 0.3 is 0 Å². The van der Waals surface area contributed by atoms with Crippen molar-refractivity contribution in [2.75, 3.05) is 20.6 Å². The zero-order valence-corrected chi connectivity index (χ0v) is 11.8. The molecule has 0 rings (SSSR count). The number of carbonyl (C=O) groups is 2. The molecule has 0 aromatic rings. The van der Waals surface area contributed by atoms with Crippen LogP contribution in [0.5, 0.6) is 0 Å². The Morgan fingerprint density at radius 3 is 2.18 bits per heavy atom. The van der Waals surface area contributed by atoms with Crippen molar-refractivity contribution in [3.05, 3.63) is 0 Å². The molecule has 1 atom stereocenters. The monoisotopic (exact) mass is 243 g/mol. The minimum absolute atomic E-state index is 0.0465. The van der Waals surface area contributed by atoms with E-state index in [1.807, 2.05) is 20.8 Å². The van der Waals surface area contributed by atoms with E-state index in [0.717, 1.165) is 0 Å². The number of nitrogens with one attached hydrogen (secondary N) is 2. The van der Waals surface area contributed by atoms with Crippen molar-refractivity contribution in [1.29, 1.82) is 0 Å². The summed E-state index contributed by atoms with van der Waals surface area (Å²) < 4.78 is 0. The molecule has 0 aliphatic rings. The molecule has 0 aromatic heterocycles. The van der Waals surface area contributed by atoms with Crippen LogP contribution >= 0.6 is 0 Å². The molecule has 0 spiro atoms. The molecule has 0 aliphatic carbocycles. The summed E-state index contributed by atoms with van der Waals surface area (Å²) in [7, 11) is 3.44. The molecule has 2 amide bonds. The zero-order chi connectivity index (χ0) is 13.6. The Morgan fingerprint density at radius 1 is 1.24 bits per heavy atom. The largest absolute Gasteiger partial charge is 0.350 e. The van der Waals surface area contributed by atoms with Gasteiger partial charge in [-0.2, -0.15) is 0 Å². The number of rotatable bonds is 5. The van der Waals surface area contributed by atoms with E-state index in [-0.39, 0.29) is 23.4 Å². The van der Waals surface area contributed by atoms with E-state index < -0.39 is 0 Å². The van der Waals surface area contributed by atoms with Crippen LogP contribution in [-0.4, -0.2) is 48.9 Å². The summed E-state index contributed by atoms with van der Waals surface area (Å²) in [4.78, 5) is 24.6. The van der Waals surface area contributed by atoms with Gasteiger partial charge in [0.1, 0.15) is 0 Å². The Morgan fingerprint density at radius 2 is 1.76 bits per heavy atom. The predicted octanol–water partition coefficient (Wildman–Crippen LogP) is 0.358. The molecule has 0 bridgehead atoms. The van der Waals surface area contributed by atoms with E-state index in [4.69, 9.17) is 0 Å². The maximum Gasteiger partial charge on any atom is 0.237 e. The Bertz CT molecular complexity index is 269. The second-order valence-electron chi connectivity index (χ2n) is 5.45. The molecule has 5 heteroatoms. The predicted molar refractivity (Wildman–Crippen MR) is 68.7 cm³/mol. The topological polar surface area (TPSA) is 61.4 Å². The van der Waals surface area contributed by atoms with Gasteiger partial charge in [-0.15, -0.1) is 0 Å². The van der Waals surface area contributed by atoms with Gasteiger partial charge in [0.05, 0.1) is 6.04 Å². The number of amides is 2. The Labute approximate surface area is 104 Å². The van der Waals surface area contributed by atoms with Gasteiger partial charge in [0.15, 0.2) is 0 Å². The third-order valence-electron chi connectivity index (χ3n) is 2.18. The molecule has 1 unspecified atom stereocenters. The molecular weight excluding hydrogens is 218 g/mol. The molecule has 0 aromatic carbocycles. The van der Waals surface area contributed by atoms with Gasteiger partial charge in [0, 0.05) is 32.6 Å². The Kier molecular flexibility index (Phi) is 6.16. The van der Waals surface area contributed by atoms with E-state index in [0.29, 0.717) is 13.0 Å². The van der Waals surface area contributed by atoms with Gasteiger partial charge in [-0.05, 0) is 27.7 Å². The highest BCUT2D eigenvalue weighted by Crippen LogP contribution is 1.99. The van der Waals surface area contributed by atoms with Crippen molar-refractivity contribution < 1.29 is 9.59 Å². The quantitative estimate of drug-likeness (QED) is 0.733. The number of nitrogens with zero attached hydrogens (tertiary/aromatic N) is 1. The fraction of sp³-hybridized carbons (Fsp3) is 0.833. The highest BCUT2D eigenvalue weighted by atomic mass is 16.2. The Balaban J connectivity index is 3.91. The van der Waals surface area contributed by atoms with Crippen molar-refractivity contribution in [3.8, 4) is 0 Å². The second kappa shape index (κ2) is 6.59. The van der Waals surface area contributed by atoms with E-state index in [9.17, 15) is 9.59 Å². The lowest BCUT2D eigenvalue weighted by atomic mass is 10.1. The van der Waals surface area contributed by atoms with E-state index >= 15 is 0 Å². The summed E-state index contributed by atoms with van der Waals surface area (Å²) in [6.07, 6.45) is 0.403. The fourth-order valence-electron chi connectivity index (χ4n) is 1.19. The van der Waals surface area contributed by atoms with Crippen LogP contribution in [-0.2, 0) is 9.59 Å². The van der Waals surface area contributed by atoms with Gasteiger partial charge in [0.25, 0.3) is 0 Å². The average molecular weight is 243 g/mol. The molecule has 0 saturated carbocycles. The van der Waals surface area contributed by atoms with Gasteiger partial charge < -0.3 is 15.5 Å². The van der Waals surface area contributed by atoms with Crippen LogP contribution in [0.2, 0.25) is 0 Å². The summed E-state index contributed by atoms with van der Waals surface area (Å²) in [5.74, 6) is 0.00994. The lowest BCUT2D eigenvalue weighted by Crippen LogP contribution is -2.49. The summed E-state index contributed by atoms with van der Waals surface area (Å²) in [6.45, 7) is 8.12. The second-order valence-corrected chi connectivity index (χ2v) is 5.45. The van der Waals surface area contributed by atoms with E-state index in [1.165, 1.54) is 0 Å². The minimum atomic E-state index is -0.288. The summed E-state index contributed by atoms with van der Waals surface area (Å²) >= 11 is 0. The van der Waals surface area contributed by atoms with Crippen LogP contribution in [0.15, 0.2) is 0 Å². The van der Waals surface area contributed by atoms with Crippen molar-refractivity contribution in [3.63, 3.8) is 0 Å².